The summed E-state index contributed by atoms with van der Waals surface area (Å²) in [5.41, 5.74) is 10.9. The van der Waals surface area contributed by atoms with E-state index in [-0.39, 0.29) is 60.9 Å². The fourth-order valence-electron chi connectivity index (χ4n) is 5.99. The van der Waals surface area contributed by atoms with Gasteiger partial charge in [-0.05, 0) is 62.8 Å². The van der Waals surface area contributed by atoms with Crippen LogP contribution in [0.2, 0.25) is 0 Å². The van der Waals surface area contributed by atoms with Crippen LogP contribution in [0.15, 0.2) is 36.2 Å². The number of nitrogens with zero attached hydrogens (tertiary/aromatic N) is 3. The Hall–Kier alpha value is -4.56. The van der Waals surface area contributed by atoms with Crippen molar-refractivity contribution in [2.24, 2.45) is 0 Å². The predicted molar refractivity (Wildman–Crippen MR) is 179 cm³/mol. The first-order valence-corrected chi connectivity index (χ1v) is 14.7. The largest absolute Gasteiger partial charge is 2.00 e. The summed E-state index contributed by atoms with van der Waals surface area (Å²) < 4.78 is 9.81. The molecule has 8 bridgehead atoms. The van der Waals surface area contributed by atoms with Crippen molar-refractivity contribution in [3.63, 3.8) is 0 Å². The van der Waals surface area contributed by atoms with Crippen LogP contribution in [0.25, 0.3) is 56.4 Å². The zero-order valence-corrected chi connectivity index (χ0v) is 30.2. The SMILES string of the molecule is C=Cc1c(C)c2[n-]c1cc1[nH]c(cc3[n-]c(cc4nc(c2=O)C(C)=C4CCC(=O)OC)c(CCC(=O)OC)c3C)c(C=C)c1C.[Zn+2]. The van der Waals surface area contributed by atoms with E-state index in [2.05, 4.69) is 18.1 Å². The number of rotatable bonds is 8. The molecule has 0 amide bonds. The van der Waals surface area contributed by atoms with Gasteiger partial charge in [0, 0.05) is 29.4 Å². The van der Waals surface area contributed by atoms with E-state index >= 15 is 0 Å². The Morgan fingerprint density at radius 1 is 0.826 bits per heavy atom. The van der Waals surface area contributed by atoms with Crippen LogP contribution in [-0.4, -0.2) is 36.1 Å². The number of hydrogen-bond donors (Lipinski definition) is 1. The topological polar surface area (TPSA) is 127 Å². The fraction of sp³-hybridized carbons (Fsp3) is 0.278. The number of methoxy groups -OCH3 is 2. The molecule has 10 heteroatoms. The summed E-state index contributed by atoms with van der Waals surface area (Å²) in [6.07, 6.45) is 4.51. The van der Waals surface area contributed by atoms with Crippen molar-refractivity contribution < 1.29 is 38.5 Å². The molecule has 1 N–H and O–H groups in total. The van der Waals surface area contributed by atoms with Crippen LogP contribution in [0.3, 0.4) is 0 Å². The van der Waals surface area contributed by atoms with Gasteiger partial charge in [-0.2, -0.15) is 0 Å². The van der Waals surface area contributed by atoms with Crippen molar-refractivity contribution in [3.05, 3.63) is 86.3 Å². The Labute approximate surface area is 279 Å². The maximum Gasteiger partial charge on any atom is 2.00 e. The summed E-state index contributed by atoms with van der Waals surface area (Å²) in [5.74, 6) is -0.697. The number of allylic oxidation sites excluding steroid dienone is 2. The van der Waals surface area contributed by atoms with Crippen LogP contribution in [0.1, 0.15) is 71.0 Å². The zero-order valence-electron chi connectivity index (χ0n) is 27.2. The molecule has 0 unspecified atom stereocenters. The minimum Gasteiger partial charge on any atom is -0.657 e. The Morgan fingerprint density at radius 3 is 2.09 bits per heavy atom. The van der Waals surface area contributed by atoms with Crippen molar-refractivity contribution in [2.75, 3.05) is 14.2 Å². The van der Waals surface area contributed by atoms with Gasteiger partial charge < -0.3 is 24.4 Å². The van der Waals surface area contributed by atoms with Gasteiger partial charge in [-0.3, -0.25) is 14.4 Å². The summed E-state index contributed by atoms with van der Waals surface area (Å²) in [6, 6.07) is 5.72. The Morgan fingerprint density at radius 2 is 1.46 bits per heavy atom. The summed E-state index contributed by atoms with van der Waals surface area (Å²) in [6.45, 7) is 15.7. The predicted octanol–water partition coefficient (Wildman–Crippen LogP) is 6.34. The van der Waals surface area contributed by atoms with E-state index in [1.165, 1.54) is 14.2 Å². The number of carbonyl (C=O) groups is 2. The average Bonchev–Trinajstić information content (AvgIpc) is 3.70. The van der Waals surface area contributed by atoms with Gasteiger partial charge in [0.1, 0.15) is 5.69 Å². The van der Waals surface area contributed by atoms with Gasteiger partial charge in [-0.15, -0.1) is 16.6 Å². The monoisotopic (exact) mass is 668 g/mol. The van der Waals surface area contributed by atoms with E-state index in [4.69, 9.17) is 24.4 Å². The quantitative estimate of drug-likeness (QED) is 0.170. The molecule has 5 heterocycles. The van der Waals surface area contributed by atoms with Gasteiger partial charge in [0.05, 0.1) is 19.9 Å². The van der Waals surface area contributed by atoms with E-state index in [0.717, 1.165) is 49.9 Å². The molecule has 9 nitrogen and oxygen atoms in total. The third-order valence-electron chi connectivity index (χ3n) is 8.66. The van der Waals surface area contributed by atoms with Crippen molar-refractivity contribution in [1.29, 1.82) is 0 Å². The van der Waals surface area contributed by atoms with Crippen molar-refractivity contribution in [3.8, 4) is 0 Å². The maximum atomic E-state index is 14.1. The Balaban J connectivity index is 0.00000480. The second-order valence-corrected chi connectivity index (χ2v) is 11.1. The second kappa shape index (κ2) is 13.8. The van der Waals surface area contributed by atoms with Crippen LogP contribution in [-0.2, 0) is 45.0 Å². The number of ether oxygens (including phenoxy) is 2. The van der Waals surface area contributed by atoms with E-state index in [9.17, 15) is 14.4 Å². The molecule has 0 radical (unpaired) electrons. The number of aryl methyl sites for hydroxylation is 4. The number of H-pyrrole nitrogens is 1. The molecule has 232 valence electrons. The molecule has 5 rings (SSSR count). The minimum absolute atomic E-state index is 0. The molecule has 0 saturated carbocycles. The molecule has 4 aromatic rings. The van der Waals surface area contributed by atoms with Crippen LogP contribution < -0.4 is 15.4 Å². The van der Waals surface area contributed by atoms with E-state index in [1.54, 1.807) is 12.2 Å². The number of esters is 2. The standard InChI is InChI=1S/C36H37N4O5.Zn/c1-9-22-18(3)26-16-29-23(10-2)20(5)34(39-29)36(43)35-21(6)25(12-14-33(42)45-8)31(40-35)17-30-24(11-13-32(41)44-7)19(4)27(38-30)15-28(22)37-26;/h9-10,15-17H,1-2,11-14H2,3-8H3,(H2-,37,38,39,40,43);/q-1;+2/p-1. The van der Waals surface area contributed by atoms with Gasteiger partial charge in [0.25, 0.3) is 0 Å². The summed E-state index contributed by atoms with van der Waals surface area (Å²) in [5, 5.41) is 0. The Kier molecular flexibility index (Phi) is 10.3. The van der Waals surface area contributed by atoms with Gasteiger partial charge in [0.15, 0.2) is 5.43 Å². The van der Waals surface area contributed by atoms with Crippen molar-refractivity contribution in [2.45, 2.75) is 53.4 Å². The van der Waals surface area contributed by atoms with Gasteiger partial charge in [0.2, 0.25) is 0 Å². The van der Waals surface area contributed by atoms with Gasteiger partial charge in [-0.1, -0.05) is 65.7 Å². The van der Waals surface area contributed by atoms with Gasteiger partial charge >= 0.3 is 31.4 Å². The molecular weight excluding hydrogens is 634 g/mol. The average molecular weight is 670 g/mol. The van der Waals surface area contributed by atoms with Crippen LogP contribution in [0, 0.1) is 20.8 Å². The third-order valence-corrected chi connectivity index (χ3v) is 8.66. The smallest absolute Gasteiger partial charge is 0.657 e. The molecular formula is C36H36N4O5Zn. The van der Waals surface area contributed by atoms with E-state index in [0.29, 0.717) is 40.7 Å². The first-order valence-electron chi connectivity index (χ1n) is 14.7. The number of carbonyl (C=O) groups excluding carboxylic acids is 2. The van der Waals surface area contributed by atoms with Gasteiger partial charge in [-0.25, -0.2) is 4.98 Å². The number of fused-ring (bicyclic) bond motifs is 8. The van der Waals surface area contributed by atoms with E-state index < -0.39 is 0 Å². The molecule has 1 aliphatic heterocycles. The number of aromatic nitrogens is 4. The minimum atomic E-state index is -0.367. The first-order chi connectivity index (χ1) is 21.5. The summed E-state index contributed by atoms with van der Waals surface area (Å²) in [7, 11) is 2.71. The fourth-order valence-corrected chi connectivity index (χ4v) is 5.99. The molecule has 46 heavy (non-hydrogen) atoms. The van der Waals surface area contributed by atoms with Crippen molar-refractivity contribution >= 4 is 68.3 Å². The number of hydrogen-bond acceptors (Lipinski definition) is 6. The molecule has 0 aliphatic carbocycles. The van der Waals surface area contributed by atoms with E-state index in [1.807, 2.05) is 45.9 Å². The molecule has 0 spiro atoms. The Bertz CT molecular complexity index is 2130. The maximum absolute atomic E-state index is 14.1. The zero-order chi connectivity index (χ0) is 32.6. The molecule has 0 atom stereocenters. The van der Waals surface area contributed by atoms with Crippen LogP contribution in [0.5, 0.6) is 0 Å². The summed E-state index contributed by atoms with van der Waals surface area (Å²) >= 11 is 0. The molecule has 0 aromatic carbocycles. The number of nitrogens with one attached hydrogen (secondary N) is 1. The molecule has 1 aliphatic rings. The molecule has 4 aromatic heterocycles. The first kappa shape index (κ1) is 34.3. The normalized spacial score (nSPS) is 11.8. The third kappa shape index (κ3) is 6.14. The summed E-state index contributed by atoms with van der Waals surface area (Å²) in [4.78, 5) is 56.5. The van der Waals surface area contributed by atoms with Crippen LogP contribution >= 0.6 is 0 Å². The van der Waals surface area contributed by atoms with Crippen molar-refractivity contribution in [1.82, 2.24) is 19.9 Å². The molecule has 0 fully saturated rings. The van der Waals surface area contributed by atoms with Crippen LogP contribution in [0.4, 0.5) is 0 Å². The number of aromatic amines is 1. The molecule has 0 saturated heterocycles. The second-order valence-electron chi connectivity index (χ2n) is 11.1.